The number of rotatable bonds is 14. The molecule has 192 valence electrons. The highest BCUT2D eigenvalue weighted by Gasteiger charge is 2.20. The zero-order valence-electron chi connectivity index (χ0n) is 21.3. The number of aryl methyl sites for hydroxylation is 3. The predicted molar refractivity (Wildman–Crippen MR) is 144 cm³/mol. The number of nitrogens with zero attached hydrogens (tertiary/aromatic N) is 3. The van der Waals surface area contributed by atoms with E-state index in [2.05, 4.69) is 27.3 Å². The fourth-order valence-electron chi connectivity index (χ4n) is 4.94. The number of anilines is 1. The van der Waals surface area contributed by atoms with Gasteiger partial charge in [-0.25, -0.2) is 4.79 Å². The van der Waals surface area contributed by atoms with Crippen LogP contribution in [0.3, 0.4) is 0 Å². The molecular formula is C29H38N4O3. The summed E-state index contributed by atoms with van der Waals surface area (Å²) in [5, 5.41) is 14.1. The normalized spacial score (nSPS) is 14.1. The van der Waals surface area contributed by atoms with Gasteiger partial charge < -0.3 is 20.1 Å². The van der Waals surface area contributed by atoms with E-state index in [9.17, 15) is 9.90 Å². The van der Waals surface area contributed by atoms with Gasteiger partial charge in [0, 0.05) is 48.9 Å². The maximum Gasteiger partial charge on any atom is 0.326 e. The Balaban J connectivity index is 1.29. The van der Waals surface area contributed by atoms with Gasteiger partial charge in [0.1, 0.15) is 6.04 Å². The van der Waals surface area contributed by atoms with Crippen LogP contribution in [0.2, 0.25) is 0 Å². The van der Waals surface area contributed by atoms with Crippen LogP contribution in [-0.2, 0) is 28.8 Å². The molecule has 2 N–H and O–H groups in total. The van der Waals surface area contributed by atoms with Crippen molar-refractivity contribution >= 4 is 22.6 Å². The van der Waals surface area contributed by atoms with Crippen molar-refractivity contribution in [1.29, 1.82) is 0 Å². The second-order valence-electron chi connectivity index (χ2n) is 9.61. The van der Waals surface area contributed by atoms with Gasteiger partial charge in [-0.15, -0.1) is 0 Å². The van der Waals surface area contributed by atoms with Crippen LogP contribution >= 0.6 is 0 Å². The quantitative estimate of drug-likeness (QED) is 0.316. The molecule has 1 aliphatic carbocycles. The van der Waals surface area contributed by atoms with Gasteiger partial charge in [-0.2, -0.15) is 0 Å². The number of hydrogen-bond acceptors (Lipinski definition) is 6. The van der Waals surface area contributed by atoms with Crippen molar-refractivity contribution < 1.29 is 14.6 Å². The highest BCUT2D eigenvalue weighted by Crippen LogP contribution is 2.23. The predicted octanol–water partition coefficient (Wildman–Crippen LogP) is 4.74. The molecular weight excluding hydrogens is 452 g/mol. The van der Waals surface area contributed by atoms with Crippen molar-refractivity contribution in [3.8, 4) is 0 Å². The smallest absolute Gasteiger partial charge is 0.326 e. The zero-order chi connectivity index (χ0) is 25.2. The van der Waals surface area contributed by atoms with E-state index >= 15 is 0 Å². The van der Waals surface area contributed by atoms with Crippen LogP contribution in [0.5, 0.6) is 0 Å². The highest BCUT2D eigenvalue weighted by molar-refractivity contribution is 5.92. The molecule has 0 saturated carbocycles. The minimum Gasteiger partial charge on any atom is -0.480 e. The van der Waals surface area contributed by atoms with Gasteiger partial charge in [-0.05, 0) is 81.7 Å². The van der Waals surface area contributed by atoms with E-state index in [0.717, 1.165) is 55.4 Å². The first-order valence-electron chi connectivity index (χ1n) is 13.2. The minimum atomic E-state index is -0.846. The Morgan fingerprint density at radius 2 is 1.94 bits per heavy atom. The minimum absolute atomic E-state index is 0.502. The number of para-hydroxylation sites is 1. The Labute approximate surface area is 213 Å². The molecule has 0 aliphatic heterocycles. The monoisotopic (exact) mass is 490 g/mol. The van der Waals surface area contributed by atoms with Crippen LogP contribution in [0, 0.1) is 0 Å². The summed E-state index contributed by atoms with van der Waals surface area (Å²) in [5.41, 5.74) is 5.57. The van der Waals surface area contributed by atoms with E-state index in [-0.39, 0.29) is 0 Å². The first kappa shape index (κ1) is 26.0. The summed E-state index contributed by atoms with van der Waals surface area (Å²) < 4.78 is 5.31. The summed E-state index contributed by atoms with van der Waals surface area (Å²) in [5.74, 6) is -0.846. The Morgan fingerprint density at radius 1 is 1.08 bits per heavy atom. The lowest BCUT2D eigenvalue weighted by atomic mass is 9.95. The van der Waals surface area contributed by atoms with Gasteiger partial charge in [-0.1, -0.05) is 24.3 Å². The van der Waals surface area contributed by atoms with E-state index in [1.165, 1.54) is 36.2 Å². The SMILES string of the molecule is COCCN(CCCCc1ccc2c(n1)CCCC2)CC[C@H](Nc1ccnc2ccccc12)C(=O)O. The van der Waals surface area contributed by atoms with E-state index < -0.39 is 12.0 Å². The fourth-order valence-corrected chi connectivity index (χ4v) is 4.94. The van der Waals surface area contributed by atoms with Crippen LogP contribution in [-0.4, -0.2) is 65.3 Å². The van der Waals surface area contributed by atoms with Gasteiger partial charge in [0.2, 0.25) is 0 Å². The summed E-state index contributed by atoms with van der Waals surface area (Å²) in [6.07, 6.45) is 10.1. The average Bonchev–Trinajstić information content (AvgIpc) is 2.91. The molecule has 3 aromatic rings. The molecule has 2 heterocycles. The van der Waals surface area contributed by atoms with Crippen molar-refractivity contribution in [2.24, 2.45) is 0 Å². The molecule has 0 radical (unpaired) electrons. The summed E-state index contributed by atoms with van der Waals surface area (Å²) >= 11 is 0. The number of carboxylic acids is 1. The number of carboxylic acid groups (broad SMARTS) is 1. The second kappa shape index (κ2) is 13.3. The lowest BCUT2D eigenvalue weighted by Crippen LogP contribution is -2.36. The summed E-state index contributed by atoms with van der Waals surface area (Å²) in [6.45, 7) is 3.02. The molecule has 36 heavy (non-hydrogen) atoms. The lowest BCUT2D eigenvalue weighted by Gasteiger charge is -2.24. The van der Waals surface area contributed by atoms with Gasteiger partial charge in [-0.3, -0.25) is 9.97 Å². The number of aromatic nitrogens is 2. The molecule has 0 bridgehead atoms. The van der Waals surface area contributed by atoms with Crippen LogP contribution in [0.1, 0.15) is 49.1 Å². The number of methoxy groups -OCH3 is 1. The van der Waals surface area contributed by atoms with Crippen LogP contribution in [0.4, 0.5) is 5.69 Å². The van der Waals surface area contributed by atoms with Crippen molar-refractivity contribution in [2.75, 3.05) is 38.7 Å². The van der Waals surface area contributed by atoms with Crippen molar-refractivity contribution in [2.45, 2.75) is 57.4 Å². The van der Waals surface area contributed by atoms with Crippen molar-refractivity contribution in [3.63, 3.8) is 0 Å². The molecule has 2 aromatic heterocycles. The zero-order valence-corrected chi connectivity index (χ0v) is 21.3. The van der Waals surface area contributed by atoms with Gasteiger partial charge >= 0.3 is 5.97 Å². The third-order valence-corrected chi connectivity index (χ3v) is 7.02. The molecule has 7 heteroatoms. The topological polar surface area (TPSA) is 87.6 Å². The van der Waals surface area contributed by atoms with E-state index in [1.807, 2.05) is 30.3 Å². The second-order valence-corrected chi connectivity index (χ2v) is 9.61. The number of fused-ring (bicyclic) bond motifs is 2. The van der Waals surface area contributed by atoms with Crippen LogP contribution in [0.25, 0.3) is 10.9 Å². The number of unbranched alkanes of at least 4 members (excludes halogenated alkanes) is 1. The first-order chi connectivity index (χ1) is 17.6. The third-order valence-electron chi connectivity index (χ3n) is 7.02. The maximum absolute atomic E-state index is 12.1. The summed E-state index contributed by atoms with van der Waals surface area (Å²) in [6, 6.07) is 13.4. The molecule has 1 aromatic carbocycles. The van der Waals surface area contributed by atoms with E-state index in [0.29, 0.717) is 19.6 Å². The number of ether oxygens (including phenoxy) is 1. The number of carbonyl (C=O) groups is 1. The first-order valence-corrected chi connectivity index (χ1v) is 13.2. The molecule has 1 aliphatic rings. The molecule has 0 spiro atoms. The largest absolute Gasteiger partial charge is 0.480 e. The van der Waals surface area contributed by atoms with Crippen molar-refractivity contribution in [3.05, 3.63) is 65.6 Å². The molecule has 0 fully saturated rings. The Kier molecular flexibility index (Phi) is 9.64. The number of aliphatic carboxylic acids is 1. The number of pyridine rings is 2. The Morgan fingerprint density at radius 3 is 2.81 bits per heavy atom. The van der Waals surface area contributed by atoms with Gasteiger partial charge in [0.15, 0.2) is 0 Å². The van der Waals surface area contributed by atoms with Crippen LogP contribution in [0.15, 0.2) is 48.7 Å². The van der Waals surface area contributed by atoms with Crippen LogP contribution < -0.4 is 5.32 Å². The Bertz CT molecular complexity index is 1130. The standard InChI is InChI=1S/C29H38N4O3/c1-36-21-20-33(18-7-6-9-23-14-13-22-8-2-4-11-25(22)31-23)19-16-28(29(34)35)32-27-15-17-30-26-12-5-3-10-24(26)27/h3,5,10,12-15,17,28H,2,4,6-9,11,16,18-21H2,1H3,(H,30,32)(H,34,35)/t28-/m0/s1. The number of hydrogen-bond donors (Lipinski definition) is 2. The molecule has 0 amide bonds. The number of nitrogens with one attached hydrogen (secondary N) is 1. The third kappa shape index (κ3) is 7.24. The van der Waals surface area contributed by atoms with E-state index in [1.54, 1.807) is 13.3 Å². The summed E-state index contributed by atoms with van der Waals surface area (Å²) in [7, 11) is 1.70. The Hall–Kier alpha value is -3.03. The molecule has 7 nitrogen and oxygen atoms in total. The molecule has 4 rings (SSSR count). The van der Waals surface area contributed by atoms with Gasteiger partial charge in [0.25, 0.3) is 0 Å². The molecule has 1 atom stereocenters. The summed E-state index contributed by atoms with van der Waals surface area (Å²) in [4.78, 5) is 23.7. The maximum atomic E-state index is 12.1. The molecule has 0 saturated heterocycles. The highest BCUT2D eigenvalue weighted by atomic mass is 16.5. The fraction of sp³-hybridized carbons (Fsp3) is 0.483. The van der Waals surface area contributed by atoms with Gasteiger partial charge in [0.05, 0.1) is 12.1 Å². The van der Waals surface area contributed by atoms with Crippen molar-refractivity contribution in [1.82, 2.24) is 14.9 Å². The average molecular weight is 491 g/mol. The van der Waals surface area contributed by atoms with E-state index in [4.69, 9.17) is 9.72 Å². The number of benzene rings is 1. The lowest BCUT2D eigenvalue weighted by molar-refractivity contribution is -0.138. The molecule has 0 unspecified atom stereocenters.